The van der Waals surface area contributed by atoms with Crippen molar-refractivity contribution in [3.63, 3.8) is 0 Å². The van der Waals surface area contributed by atoms with Crippen molar-refractivity contribution in [1.82, 2.24) is 4.98 Å². The van der Waals surface area contributed by atoms with Gasteiger partial charge in [-0.3, -0.25) is 10.1 Å². The first kappa shape index (κ1) is 12.3. The fourth-order valence-electron chi connectivity index (χ4n) is 1.39. The number of nitrogens with zero attached hydrogens (tertiary/aromatic N) is 2. The molecule has 1 heterocycles. The zero-order chi connectivity index (χ0) is 13.1. The van der Waals surface area contributed by atoms with E-state index in [1.165, 1.54) is 12.1 Å². The fraction of sp³-hybridized carbons (Fsp3) is 0. The lowest BCUT2D eigenvalue weighted by molar-refractivity contribution is -0.384. The zero-order valence-electron chi connectivity index (χ0n) is 9.13. The van der Waals surface area contributed by atoms with Crippen LogP contribution >= 0.6 is 15.9 Å². The zero-order valence-corrected chi connectivity index (χ0v) is 10.7. The second-order valence-electron chi connectivity index (χ2n) is 3.46. The van der Waals surface area contributed by atoms with Crippen LogP contribution in [0.4, 0.5) is 23.0 Å². The van der Waals surface area contributed by atoms with Crippen molar-refractivity contribution >= 4 is 38.9 Å². The molecule has 2 rings (SSSR count). The van der Waals surface area contributed by atoms with Crippen LogP contribution in [0.3, 0.4) is 0 Å². The van der Waals surface area contributed by atoms with Crippen LogP contribution in [0.15, 0.2) is 40.9 Å². The average Bonchev–Trinajstić information content (AvgIpc) is 2.32. The summed E-state index contributed by atoms with van der Waals surface area (Å²) in [5.74, 6) is 0.335. The smallest absolute Gasteiger partial charge is 0.311 e. The third-order valence-electron chi connectivity index (χ3n) is 2.24. The summed E-state index contributed by atoms with van der Waals surface area (Å²) < 4.78 is 0.865. The maximum absolute atomic E-state index is 10.6. The van der Waals surface area contributed by atoms with Gasteiger partial charge >= 0.3 is 5.69 Å². The molecule has 0 bridgehead atoms. The van der Waals surface area contributed by atoms with Crippen LogP contribution in [-0.4, -0.2) is 9.91 Å². The molecule has 0 aliphatic rings. The lowest BCUT2D eigenvalue weighted by atomic mass is 10.3. The van der Waals surface area contributed by atoms with Crippen LogP contribution < -0.4 is 11.1 Å². The Bertz CT molecular complexity index is 603. The van der Waals surface area contributed by atoms with Crippen LogP contribution in [0.2, 0.25) is 0 Å². The number of pyridine rings is 1. The van der Waals surface area contributed by atoms with Crippen molar-refractivity contribution in [2.45, 2.75) is 0 Å². The molecule has 0 saturated heterocycles. The molecule has 0 spiro atoms. The van der Waals surface area contributed by atoms with Crippen LogP contribution in [-0.2, 0) is 0 Å². The van der Waals surface area contributed by atoms with E-state index in [4.69, 9.17) is 5.73 Å². The second-order valence-corrected chi connectivity index (χ2v) is 4.32. The summed E-state index contributed by atoms with van der Waals surface area (Å²) >= 11 is 3.38. The van der Waals surface area contributed by atoms with Gasteiger partial charge in [-0.1, -0.05) is 12.1 Å². The number of aromatic nitrogens is 1. The van der Waals surface area contributed by atoms with Crippen molar-refractivity contribution in [2.24, 2.45) is 0 Å². The first-order valence-corrected chi connectivity index (χ1v) is 5.79. The molecular formula is C11H9BrN4O2. The summed E-state index contributed by atoms with van der Waals surface area (Å²) in [5.41, 5.74) is 6.11. The Kier molecular flexibility index (Phi) is 3.42. The van der Waals surface area contributed by atoms with E-state index in [-0.39, 0.29) is 11.5 Å². The van der Waals surface area contributed by atoms with Gasteiger partial charge in [-0.2, -0.15) is 0 Å². The van der Waals surface area contributed by atoms with Gasteiger partial charge < -0.3 is 11.1 Å². The summed E-state index contributed by atoms with van der Waals surface area (Å²) in [6.45, 7) is 0. The Balaban J connectivity index is 2.29. The first-order chi connectivity index (χ1) is 8.58. The highest BCUT2D eigenvalue weighted by atomic mass is 79.9. The first-order valence-electron chi connectivity index (χ1n) is 5.00. The van der Waals surface area contributed by atoms with E-state index in [0.29, 0.717) is 5.82 Å². The molecule has 0 fully saturated rings. The van der Waals surface area contributed by atoms with Gasteiger partial charge in [0.25, 0.3) is 0 Å². The standard InChI is InChI=1S/C11H9BrN4O2/c12-7-3-1-2-4-8(7)14-10-6-5-9(16(17)18)11(13)15-10/h1-6H,(H3,13,14,15). The summed E-state index contributed by atoms with van der Waals surface area (Å²) in [6, 6.07) is 10.3. The molecule has 7 heteroatoms. The van der Waals surface area contributed by atoms with Gasteiger partial charge in [0.05, 0.1) is 10.6 Å². The maximum Gasteiger partial charge on any atom is 0.311 e. The Hall–Kier alpha value is -2.15. The van der Waals surface area contributed by atoms with Crippen LogP contribution in [0.1, 0.15) is 0 Å². The summed E-state index contributed by atoms with van der Waals surface area (Å²) in [6.07, 6.45) is 0. The number of hydrogen-bond acceptors (Lipinski definition) is 5. The SMILES string of the molecule is Nc1nc(Nc2ccccc2Br)ccc1[N+](=O)[O-]. The lowest BCUT2D eigenvalue weighted by Crippen LogP contribution is -2.01. The van der Waals surface area contributed by atoms with Crippen molar-refractivity contribution in [3.05, 3.63) is 51.0 Å². The Morgan fingerprint density at radius 2 is 2.00 bits per heavy atom. The predicted octanol–water partition coefficient (Wildman–Crippen LogP) is 3.08. The summed E-state index contributed by atoms with van der Waals surface area (Å²) in [5, 5.41) is 13.6. The van der Waals surface area contributed by atoms with Gasteiger partial charge in [-0.05, 0) is 34.1 Å². The molecule has 92 valence electrons. The molecule has 1 aromatic heterocycles. The minimum atomic E-state index is -0.565. The van der Waals surface area contributed by atoms with Gasteiger partial charge in [0.15, 0.2) is 0 Å². The van der Waals surface area contributed by atoms with E-state index in [0.717, 1.165) is 10.2 Å². The van der Waals surface area contributed by atoms with Gasteiger partial charge in [-0.15, -0.1) is 0 Å². The third-order valence-corrected chi connectivity index (χ3v) is 2.93. The quantitative estimate of drug-likeness (QED) is 0.671. The second kappa shape index (κ2) is 5.01. The number of halogens is 1. The maximum atomic E-state index is 10.6. The number of benzene rings is 1. The van der Waals surface area contributed by atoms with Crippen molar-refractivity contribution in [1.29, 1.82) is 0 Å². The molecule has 3 N–H and O–H groups in total. The number of nitro groups is 1. The Morgan fingerprint density at radius 3 is 2.61 bits per heavy atom. The van der Waals surface area contributed by atoms with E-state index in [9.17, 15) is 10.1 Å². The number of rotatable bonds is 3. The van der Waals surface area contributed by atoms with Gasteiger partial charge in [0, 0.05) is 10.5 Å². The molecule has 0 saturated carbocycles. The minimum Gasteiger partial charge on any atom is -0.378 e. The fourth-order valence-corrected chi connectivity index (χ4v) is 1.78. The van der Waals surface area contributed by atoms with E-state index in [1.54, 1.807) is 0 Å². The third kappa shape index (κ3) is 2.57. The molecule has 0 radical (unpaired) electrons. The van der Waals surface area contributed by atoms with Crippen LogP contribution in [0, 0.1) is 10.1 Å². The van der Waals surface area contributed by atoms with Crippen LogP contribution in [0.25, 0.3) is 0 Å². The minimum absolute atomic E-state index is 0.114. The van der Waals surface area contributed by atoms with E-state index < -0.39 is 4.92 Å². The van der Waals surface area contributed by atoms with Gasteiger partial charge in [0.2, 0.25) is 5.82 Å². The Labute approximate surface area is 111 Å². The monoisotopic (exact) mass is 308 g/mol. The summed E-state index contributed by atoms with van der Waals surface area (Å²) in [7, 11) is 0. The largest absolute Gasteiger partial charge is 0.378 e. The molecule has 6 nitrogen and oxygen atoms in total. The van der Waals surface area contributed by atoms with Gasteiger partial charge in [0.1, 0.15) is 5.82 Å². The predicted molar refractivity (Wildman–Crippen MR) is 72.7 cm³/mol. The van der Waals surface area contributed by atoms with Crippen molar-refractivity contribution < 1.29 is 4.92 Å². The molecular weight excluding hydrogens is 300 g/mol. The average molecular weight is 309 g/mol. The van der Waals surface area contributed by atoms with E-state index in [1.807, 2.05) is 24.3 Å². The van der Waals surface area contributed by atoms with E-state index in [2.05, 4.69) is 26.2 Å². The number of nitrogens with one attached hydrogen (secondary N) is 1. The van der Waals surface area contributed by atoms with Gasteiger partial charge in [-0.25, -0.2) is 4.98 Å². The molecule has 0 atom stereocenters. The molecule has 18 heavy (non-hydrogen) atoms. The molecule has 2 aromatic rings. The molecule has 0 unspecified atom stereocenters. The highest BCUT2D eigenvalue weighted by molar-refractivity contribution is 9.10. The van der Waals surface area contributed by atoms with E-state index >= 15 is 0 Å². The summed E-state index contributed by atoms with van der Waals surface area (Å²) in [4.78, 5) is 14.0. The normalized spacial score (nSPS) is 10.1. The Morgan fingerprint density at radius 1 is 1.28 bits per heavy atom. The lowest BCUT2D eigenvalue weighted by Gasteiger charge is -2.07. The molecule has 0 aliphatic carbocycles. The highest BCUT2D eigenvalue weighted by Gasteiger charge is 2.13. The number of nitrogens with two attached hydrogens (primary N) is 1. The van der Waals surface area contributed by atoms with Crippen molar-refractivity contribution in [2.75, 3.05) is 11.1 Å². The molecule has 0 aliphatic heterocycles. The molecule has 0 amide bonds. The topological polar surface area (TPSA) is 94.1 Å². The number of hydrogen-bond donors (Lipinski definition) is 2. The number of anilines is 3. The highest BCUT2D eigenvalue weighted by Crippen LogP contribution is 2.27. The molecule has 1 aromatic carbocycles. The number of nitrogen functional groups attached to an aromatic ring is 1. The van der Waals surface area contributed by atoms with Crippen LogP contribution in [0.5, 0.6) is 0 Å². The number of para-hydroxylation sites is 1. The van der Waals surface area contributed by atoms with Crippen molar-refractivity contribution in [3.8, 4) is 0 Å².